The molecule has 0 unspecified atom stereocenters. The van der Waals surface area contributed by atoms with Crippen molar-refractivity contribution in [1.29, 1.82) is 0 Å². The van der Waals surface area contributed by atoms with Gasteiger partial charge in [-0.1, -0.05) is 103 Å². The second-order valence-corrected chi connectivity index (χ2v) is 18.2. The van der Waals surface area contributed by atoms with E-state index in [1.807, 2.05) is 49.3 Å². The number of nitrogens with zero attached hydrogens (tertiary/aromatic N) is 5. The minimum absolute atomic E-state index is 1.10. The quantitative estimate of drug-likeness (QED) is 0.179. The Hall–Kier alpha value is -7.15. The Balaban J connectivity index is 0.000000141. The van der Waals surface area contributed by atoms with E-state index in [9.17, 15) is 0 Å². The van der Waals surface area contributed by atoms with Gasteiger partial charge in [0.15, 0.2) is 0 Å². The van der Waals surface area contributed by atoms with Gasteiger partial charge in [0.2, 0.25) is 0 Å². The molecule has 6 nitrogen and oxygen atoms in total. The molecule has 6 aromatic heterocycles. The number of pyridine rings is 3. The molecule has 1 N–H and O–H groups in total. The van der Waals surface area contributed by atoms with E-state index in [2.05, 4.69) is 250 Å². The Morgan fingerprint density at radius 3 is 1.17 bits per heavy atom. The molecule has 13 rings (SSSR count). The van der Waals surface area contributed by atoms with Crippen molar-refractivity contribution in [2.75, 3.05) is 0 Å². The Bertz CT molecular complexity index is 3420. The second-order valence-electron chi connectivity index (χ2n) is 15.7. The molecule has 8 heteroatoms. The van der Waals surface area contributed by atoms with Gasteiger partial charge in [-0.15, -0.1) is 0 Å². The summed E-state index contributed by atoms with van der Waals surface area (Å²) in [6, 6.07) is 66.3. The van der Waals surface area contributed by atoms with Crippen LogP contribution in [0.2, 0.25) is 0 Å². The van der Waals surface area contributed by atoms with Crippen LogP contribution in [0.25, 0.3) is 99.0 Å². The standard InChI is InChI=1S/C34H22N4.C12H8I2.C11H8N2/c1-3-7-31-27(5-1)29-21-35-19-17-33(29)37(31)25-13-9-23(10-14-25)24-11-15-26(16-12-24)38-32-8-4-2-6-28(32)30-22-36-20-18-34(30)38;13-11-5-1-9(2-6-11)10-3-7-12(14)8-4-10;1-2-4-10-8(3-1)9-5-6-12-7-11(9)13-10/h1-22H;1-8H;1-7,13H. The van der Waals surface area contributed by atoms with Crippen LogP contribution in [-0.4, -0.2) is 29.1 Å². The Kier molecular flexibility index (Phi) is 11.1. The minimum atomic E-state index is 1.10. The molecule has 0 aliphatic carbocycles. The molecule has 0 aliphatic heterocycles. The van der Waals surface area contributed by atoms with Crippen LogP contribution in [0.1, 0.15) is 0 Å². The summed E-state index contributed by atoms with van der Waals surface area (Å²) in [5, 5.41) is 7.28. The Labute approximate surface area is 402 Å². The summed E-state index contributed by atoms with van der Waals surface area (Å²) in [4.78, 5) is 16.1. The number of hydrogen-bond donors (Lipinski definition) is 1. The van der Waals surface area contributed by atoms with E-state index in [0.717, 1.165) is 16.9 Å². The van der Waals surface area contributed by atoms with Crippen LogP contribution in [0.4, 0.5) is 0 Å². The lowest BCUT2D eigenvalue weighted by Gasteiger charge is -2.11. The fourth-order valence-electron chi connectivity index (χ4n) is 8.78. The average Bonchev–Trinajstić information content (AvgIpc) is 4.03. The fraction of sp³-hybridized carbons (Fsp3) is 0. The van der Waals surface area contributed by atoms with Gasteiger partial charge in [0.1, 0.15) is 0 Å². The highest BCUT2D eigenvalue weighted by atomic mass is 127. The molecular formula is C57H38I2N6. The number of rotatable bonds is 4. The highest BCUT2D eigenvalue weighted by molar-refractivity contribution is 14.1. The van der Waals surface area contributed by atoms with Gasteiger partial charge in [-0.2, -0.15) is 0 Å². The highest BCUT2D eigenvalue weighted by Gasteiger charge is 2.14. The lowest BCUT2D eigenvalue weighted by Crippen LogP contribution is -1.94. The van der Waals surface area contributed by atoms with Crippen molar-refractivity contribution in [3.63, 3.8) is 0 Å². The SMILES string of the molecule is Ic1ccc(-c2ccc(I)cc2)cc1.c1ccc2c(c1)[nH]c1cnccc12.c1ccc2c(c1)c1cnccc1n2-c1ccc(-c2ccc(-n3c4ccccc4c4cnccc43)cc2)cc1. The molecule has 0 spiro atoms. The van der Waals surface area contributed by atoms with Crippen molar-refractivity contribution in [2.24, 2.45) is 0 Å². The van der Waals surface area contributed by atoms with Gasteiger partial charge in [0.25, 0.3) is 0 Å². The Morgan fingerprint density at radius 2 is 0.677 bits per heavy atom. The van der Waals surface area contributed by atoms with Crippen LogP contribution >= 0.6 is 45.2 Å². The summed E-state index contributed by atoms with van der Waals surface area (Å²) in [6.07, 6.45) is 11.3. The molecule has 0 amide bonds. The van der Waals surface area contributed by atoms with E-state index in [4.69, 9.17) is 0 Å². The summed E-state index contributed by atoms with van der Waals surface area (Å²) in [5.74, 6) is 0. The zero-order valence-electron chi connectivity index (χ0n) is 34.9. The molecule has 0 saturated heterocycles. The molecule has 0 atom stereocenters. The van der Waals surface area contributed by atoms with Crippen LogP contribution in [0.5, 0.6) is 0 Å². The number of fused-ring (bicyclic) bond motifs is 9. The summed E-state index contributed by atoms with van der Waals surface area (Å²) in [6.45, 7) is 0. The topological polar surface area (TPSA) is 64.3 Å². The van der Waals surface area contributed by atoms with Crippen molar-refractivity contribution in [3.05, 3.63) is 232 Å². The summed E-state index contributed by atoms with van der Waals surface area (Å²) in [5.41, 5.74) is 14.2. The molecule has 7 aromatic carbocycles. The first kappa shape index (κ1) is 40.6. The maximum atomic E-state index is 4.36. The summed E-state index contributed by atoms with van der Waals surface area (Å²) < 4.78 is 7.18. The highest BCUT2D eigenvalue weighted by Crippen LogP contribution is 2.34. The summed E-state index contributed by atoms with van der Waals surface area (Å²) >= 11 is 4.64. The van der Waals surface area contributed by atoms with Crippen molar-refractivity contribution in [2.45, 2.75) is 0 Å². The lowest BCUT2D eigenvalue weighted by atomic mass is 10.0. The van der Waals surface area contributed by atoms with Crippen molar-refractivity contribution >= 4 is 111 Å². The molecule has 0 bridgehead atoms. The third-order valence-corrected chi connectivity index (χ3v) is 13.3. The van der Waals surface area contributed by atoms with E-state index in [1.165, 1.54) is 89.3 Å². The van der Waals surface area contributed by atoms with Crippen molar-refractivity contribution in [3.8, 4) is 33.6 Å². The van der Waals surface area contributed by atoms with Gasteiger partial charge in [-0.25, -0.2) is 0 Å². The van der Waals surface area contributed by atoms with Crippen LogP contribution in [0.15, 0.2) is 225 Å². The fourth-order valence-corrected chi connectivity index (χ4v) is 9.50. The van der Waals surface area contributed by atoms with E-state index < -0.39 is 0 Å². The lowest BCUT2D eigenvalue weighted by molar-refractivity contribution is 1.17. The number of para-hydroxylation sites is 3. The van der Waals surface area contributed by atoms with Gasteiger partial charge in [-0.05, 0) is 152 Å². The molecule has 0 saturated carbocycles. The van der Waals surface area contributed by atoms with E-state index in [0.29, 0.717) is 0 Å². The smallest absolute Gasteiger partial charge is 0.0651 e. The maximum absolute atomic E-state index is 4.36. The van der Waals surface area contributed by atoms with Crippen LogP contribution in [0, 0.1) is 7.14 Å². The van der Waals surface area contributed by atoms with Gasteiger partial charge >= 0.3 is 0 Å². The molecule has 13 aromatic rings. The predicted octanol–water partition coefficient (Wildman–Crippen LogP) is 15.6. The van der Waals surface area contributed by atoms with Crippen molar-refractivity contribution < 1.29 is 0 Å². The number of hydrogen-bond acceptors (Lipinski definition) is 3. The van der Waals surface area contributed by atoms with Gasteiger partial charge < -0.3 is 14.1 Å². The first-order valence-corrected chi connectivity index (χ1v) is 23.4. The number of aromatic amines is 1. The molecule has 0 aliphatic rings. The molecule has 310 valence electrons. The van der Waals surface area contributed by atoms with Crippen LogP contribution in [0.3, 0.4) is 0 Å². The number of aromatic nitrogens is 6. The monoisotopic (exact) mass is 1060 g/mol. The zero-order valence-corrected chi connectivity index (χ0v) is 39.2. The number of nitrogens with one attached hydrogen (secondary N) is 1. The average molecular weight is 1060 g/mol. The summed E-state index contributed by atoms with van der Waals surface area (Å²) in [7, 11) is 0. The third-order valence-electron chi connectivity index (χ3n) is 11.9. The zero-order chi connectivity index (χ0) is 43.7. The molecular weight excluding hydrogens is 1020 g/mol. The largest absolute Gasteiger partial charge is 0.353 e. The number of benzene rings is 7. The van der Waals surface area contributed by atoms with E-state index >= 15 is 0 Å². The van der Waals surface area contributed by atoms with Crippen LogP contribution < -0.4 is 0 Å². The predicted molar refractivity (Wildman–Crippen MR) is 287 cm³/mol. The first-order chi connectivity index (χ1) is 32.1. The van der Waals surface area contributed by atoms with Gasteiger partial charge in [0, 0.05) is 87.3 Å². The third kappa shape index (κ3) is 7.93. The molecule has 0 fully saturated rings. The first-order valence-electron chi connectivity index (χ1n) is 21.3. The molecule has 0 radical (unpaired) electrons. The Morgan fingerprint density at radius 1 is 0.308 bits per heavy atom. The van der Waals surface area contributed by atoms with E-state index in [-0.39, 0.29) is 0 Å². The van der Waals surface area contributed by atoms with E-state index in [1.54, 1.807) is 0 Å². The maximum Gasteiger partial charge on any atom is 0.0651 e. The van der Waals surface area contributed by atoms with Crippen LogP contribution in [-0.2, 0) is 0 Å². The van der Waals surface area contributed by atoms with Crippen molar-refractivity contribution in [1.82, 2.24) is 29.1 Å². The molecule has 6 heterocycles. The normalized spacial score (nSPS) is 11.2. The minimum Gasteiger partial charge on any atom is -0.353 e. The molecule has 65 heavy (non-hydrogen) atoms. The second kappa shape index (κ2) is 17.8. The number of halogens is 2. The van der Waals surface area contributed by atoms with Gasteiger partial charge in [-0.3, -0.25) is 15.0 Å². The van der Waals surface area contributed by atoms with Gasteiger partial charge in [0.05, 0.1) is 33.8 Å². The number of H-pyrrole nitrogens is 1.